The molecule has 0 saturated heterocycles. The number of carbonyl (C=O) groups is 1. The zero-order valence-electron chi connectivity index (χ0n) is 16.4. The summed E-state index contributed by atoms with van der Waals surface area (Å²) in [7, 11) is -1.49. The third kappa shape index (κ3) is 14.0. The number of halogens is 6. The van der Waals surface area contributed by atoms with Crippen LogP contribution in [-0.2, 0) is 4.79 Å². The van der Waals surface area contributed by atoms with Crippen molar-refractivity contribution in [2.45, 2.75) is 6.92 Å². The van der Waals surface area contributed by atoms with Gasteiger partial charge in [-0.15, -0.1) is 5.10 Å². The predicted molar refractivity (Wildman–Crippen MR) is 96.0 cm³/mol. The molecule has 0 aliphatic rings. The molecule has 2 heterocycles. The van der Waals surface area contributed by atoms with Crippen molar-refractivity contribution in [3.8, 4) is 0 Å². The van der Waals surface area contributed by atoms with Gasteiger partial charge in [-0.3, -0.25) is 9.63 Å². The Morgan fingerprint density at radius 3 is 2.07 bits per heavy atom. The van der Waals surface area contributed by atoms with Crippen LogP contribution < -0.4 is 10.2 Å². The van der Waals surface area contributed by atoms with Crippen LogP contribution in [0.2, 0.25) is 0 Å². The minimum atomic E-state index is -10.7. The minimum absolute atomic E-state index is 0.00463. The normalized spacial score (nSPS) is 12.8. The van der Waals surface area contributed by atoms with Gasteiger partial charge in [0, 0.05) is 20.2 Å². The number of hydrogen-bond donors (Lipinski definition) is 1. The first-order valence-corrected chi connectivity index (χ1v) is 9.65. The van der Waals surface area contributed by atoms with Crippen molar-refractivity contribution < 1.29 is 39.4 Å². The van der Waals surface area contributed by atoms with E-state index in [4.69, 9.17) is 4.84 Å². The van der Waals surface area contributed by atoms with Crippen LogP contribution in [0, 0.1) is 0 Å². The van der Waals surface area contributed by atoms with Crippen molar-refractivity contribution in [3.63, 3.8) is 0 Å². The third-order valence-corrected chi connectivity index (χ3v) is 2.47. The summed E-state index contributed by atoms with van der Waals surface area (Å²) < 4.78 is 61.0. The number of hydrogen-bond acceptors (Lipinski definition) is 5. The first-order valence-electron chi connectivity index (χ1n) is 7.63. The monoisotopic (exact) mass is 453 g/mol. The van der Waals surface area contributed by atoms with E-state index in [0.29, 0.717) is 17.2 Å². The molecule has 2 aromatic rings. The maximum atomic E-state index is 9.87. The van der Waals surface area contributed by atoms with Gasteiger partial charge in [-0.2, -0.15) is 0 Å². The number of amides is 1. The standard InChI is InChI=1S/C10H15N6O.C3H7NO.F6P/c1-14(2)10(15(3)4)17-16-9-8(12-13-16)6-5-7-11-9;1-3(5)4-2;1-7(2,3,4,5)6/h5-7H,1-4H3;1-2H3,(H,4,5);/q+1;;-1. The van der Waals surface area contributed by atoms with Crippen molar-refractivity contribution in [2.75, 3.05) is 35.2 Å². The fourth-order valence-electron chi connectivity index (χ4n) is 1.45. The Kier molecular flexibility index (Phi) is 7.94. The zero-order chi connectivity index (χ0) is 23.1. The van der Waals surface area contributed by atoms with Gasteiger partial charge in [-0.25, -0.2) is 14.5 Å². The van der Waals surface area contributed by atoms with Gasteiger partial charge in [0.1, 0.15) is 5.52 Å². The summed E-state index contributed by atoms with van der Waals surface area (Å²) in [6.45, 7) is 1.47. The molecule has 0 aliphatic carbocycles. The molecule has 2 rings (SSSR count). The Morgan fingerprint density at radius 1 is 1.21 bits per heavy atom. The van der Waals surface area contributed by atoms with Gasteiger partial charge in [-0.05, 0) is 22.2 Å². The quantitative estimate of drug-likeness (QED) is 0.235. The number of rotatable bonds is 1. The van der Waals surface area contributed by atoms with Crippen molar-refractivity contribution in [1.82, 2.24) is 30.4 Å². The van der Waals surface area contributed by atoms with E-state index in [9.17, 15) is 30.0 Å². The summed E-state index contributed by atoms with van der Waals surface area (Å²) in [5.74, 6) is 0.00463. The van der Waals surface area contributed by atoms with Gasteiger partial charge in [0.15, 0.2) is 0 Å². The van der Waals surface area contributed by atoms with Crippen LogP contribution in [0.5, 0.6) is 0 Å². The van der Waals surface area contributed by atoms with Gasteiger partial charge >= 0.3 is 39.0 Å². The molecule has 0 saturated carbocycles. The number of amidine groups is 1. The van der Waals surface area contributed by atoms with Gasteiger partial charge in [0.2, 0.25) is 11.6 Å². The number of nitrogens with zero attached hydrogens (tertiary/aromatic N) is 6. The molecule has 29 heavy (non-hydrogen) atoms. The first kappa shape index (κ1) is 26.3. The molecule has 0 aliphatic heterocycles. The van der Waals surface area contributed by atoms with E-state index in [1.54, 1.807) is 13.2 Å². The number of pyridine rings is 1. The van der Waals surface area contributed by atoms with E-state index in [2.05, 4.69) is 20.6 Å². The molecule has 0 aromatic carbocycles. The molecule has 0 fully saturated rings. The maximum absolute atomic E-state index is 10.7. The van der Waals surface area contributed by atoms with Crippen molar-refractivity contribution >= 4 is 30.9 Å². The average molecular weight is 453 g/mol. The van der Waals surface area contributed by atoms with Crippen molar-refractivity contribution in [3.05, 3.63) is 18.3 Å². The summed E-state index contributed by atoms with van der Waals surface area (Å²) in [6, 6.07) is 4.28. The molecule has 0 radical (unpaired) electrons. The number of carbonyl (C=O) groups excluding carboxylic acids is 1. The molecular formula is C13H22F6N7O2P. The van der Waals surface area contributed by atoms with Gasteiger partial charge in [-0.1, -0.05) is 0 Å². The molecule has 1 N–H and O–H groups in total. The topological polar surface area (TPSA) is 88.2 Å². The number of nitrogens with one attached hydrogen (secondary N) is 1. The van der Waals surface area contributed by atoms with Crippen LogP contribution in [0.3, 0.4) is 0 Å². The molecule has 168 valence electrons. The summed E-state index contributed by atoms with van der Waals surface area (Å²) in [5.41, 5.74) is 1.29. The van der Waals surface area contributed by atoms with Crippen LogP contribution in [0.1, 0.15) is 6.92 Å². The fourth-order valence-corrected chi connectivity index (χ4v) is 1.45. The first-order chi connectivity index (χ1) is 12.8. The van der Waals surface area contributed by atoms with E-state index < -0.39 is 7.81 Å². The van der Waals surface area contributed by atoms with Gasteiger partial charge in [0.25, 0.3) is 0 Å². The van der Waals surface area contributed by atoms with E-state index >= 15 is 0 Å². The van der Waals surface area contributed by atoms with Crippen LogP contribution in [0.4, 0.5) is 25.2 Å². The summed E-state index contributed by atoms with van der Waals surface area (Å²) in [5, 5.41) is 10.3. The fraction of sp³-hybridized carbons (Fsp3) is 0.462. The average Bonchev–Trinajstić information content (AvgIpc) is 2.92. The van der Waals surface area contributed by atoms with Crippen LogP contribution in [0.15, 0.2) is 18.3 Å². The van der Waals surface area contributed by atoms with Gasteiger partial charge < -0.3 is 5.32 Å². The molecule has 0 unspecified atom stereocenters. The Morgan fingerprint density at radius 2 is 1.69 bits per heavy atom. The molecule has 1 amide bonds. The summed E-state index contributed by atoms with van der Waals surface area (Å²) in [4.78, 5) is 22.7. The van der Waals surface area contributed by atoms with E-state index in [1.165, 1.54) is 11.8 Å². The molecule has 0 spiro atoms. The number of aromatic nitrogens is 4. The second-order valence-electron chi connectivity index (χ2n) is 5.74. The van der Waals surface area contributed by atoms with E-state index in [-0.39, 0.29) is 5.91 Å². The van der Waals surface area contributed by atoms with Crippen LogP contribution >= 0.6 is 7.81 Å². The number of fused-ring (bicyclic) bond motifs is 1. The van der Waals surface area contributed by atoms with E-state index in [0.717, 1.165) is 0 Å². The molecule has 2 aromatic heterocycles. The van der Waals surface area contributed by atoms with E-state index in [1.807, 2.05) is 49.8 Å². The van der Waals surface area contributed by atoms with Crippen molar-refractivity contribution in [1.29, 1.82) is 0 Å². The SMILES string of the molecule is CN(C)C(On1nnc2cccnc21)=[N+](C)C.CNC(C)=O.F[P-](F)(F)(F)(F)F. The Hall–Kier alpha value is -2.70. The summed E-state index contributed by atoms with van der Waals surface area (Å²) >= 11 is 0. The molecule has 16 heteroatoms. The Labute approximate surface area is 162 Å². The summed E-state index contributed by atoms with van der Waals surface area (Å²) in [6.07, 6.45) is 1.68. The second kappa shape index (κ2) is 8.76. The third-order valence-electron chi connectivity index (χ3n) is 2.47. The Balaban J connectivity index is 0.000000543. The molecule has 0 bridgehead atoms. The molecule has 0 atom stereocenters. The Bertz CT molecular complexity index is 852. The van der Waals surface area contributed by atoms with Crippen LogP contribution in [-0.4, -0.2) is 76.8 Å². The van der Waals surface area contributed by atoms with Crippen molar-refractivity contribution in [2.24, 2.45) is 0 Å². The molecular weight excluding hydrogens is 431 g/mol. The zero-order valence-corrected chi connectivity index (χ0v) is 17.3. The molecule has 9 nitrogen and oxygen atoms in total. The van der Waals surface area contributed by atoms with Crippen LogP contribution in [0.25, 0.3) is 11.2 Å². The van der Waals surface area contributed by atoms with Gasteiger partial charge in [0.05, 0.1) is 28.2 Å². The predicted octanol–water partition coefficient (Wildman–Crippen LogP) is 2.58. The second-order valence-corrected chi connectivity index (χ2v) is 7.65.